The third kappa shape index (κ3) is 3.46. The summed E-state index contributed by atoms with van der Waals surface area (Å²) in [5, 5.41) is 1.12. The molecule has 1 aromatic carbocycles. The average Bonchev–Trinajstić information content (AvgIpc) is 2.62. The van der Waals surface area contributed by atoms with Crippen LogP contribution in [0.5, 0.6) is 0 Å². The highest BCUT2D eigenvalue weighted by molar-refractivity contribution is 7.15. The van der Waals surface area contributed by atoms with E-state index in [1.807, 2.05) is 18.2 Å². The van der Waals surface area contributed by atoms with Gasteiger partial charge in [0.1, 0.15) is 5.01 Å². The van der Waals surface area contributed by atoms with Gasteiger partial charge in [-0.05, 0) is 13.8 Å². The van der Waals surface area contributed by atoms with Gasteiger partial charge in [-0.15, -0.1) is 11.3 Å². The van der Waals surface area contributed by atoms with E-state index in [0.717, 1.165) is 10.7 Å². The van der Waals surface area contributed by atoms with Crippen LogP contribution in [0.3, 0.4) is 0 Å². The second kappa shape index (κ2) is 6.44. The summed E-state index contributed by atoms with van der Waals surface area (Å²) in [5.41, 5.74) is 2.35. The molecule has 1 aromatic heterocycles. The first-order valence-corrected chi connectivity index (χ1v) is 6.50. The third-order valence-corrected chi connectivity index (χ3v) is 3.17. The highest BCUT2D eigenvalue weighted by atomic mass is 32.1. The van der Waals surface area contributed by atoms with Crippen LogP contribution < -0.4 is 0 Å². The maximum Gasteiger partial charge on any atom is 0.123 e. The van der Waals surface area contributed by atoms with Gasteiger partial charge in [0.15, 0.2) is 0 Å². The van der Waals surface area contributed by atoms with E-state index < -0.39 is 0 Å². The van der Waals surface area contributed by atoms with Gasteiger partial charge in [-0.1, -0.05) is 50.6 Å². The van der Waals surface area contributed by atoms with Crippen molar-refractivity contribution in [1.82, 2.24) is 4.98 Å². The number of hydrogen-bond donors (Lipinski definition) is 0. The third-order valence-electron chi connectivity index (χ3n) is 2.05. The van der Waals surface area contributed by atoms with Gasteiger partial charge in [0.25, 0.3) is 0 Å². The Hall–Kier alpha value is -1.15. The molecule has 16 heavy (non-hydrogen) atoms. The van der Waals surface area contributed by atoms with Crippen molar-refractivity contribution in [3.8, 4) is 10.6 Å². The summed E-state index contributed by atoms with van der Waals surface area (Å²) < 4.78 is 0. The average molecular weight is 233 g/mol. The van der Waals surface area contributed by atoms with Gasteiger partial charge < -0.3 is 0 Å². The fourth-order valence-electron chi connectivity index (χ4n) is 1.18. The number of hydrogen-bond acceptors (Lipinski definition) is 2. The Labute approximate surface area is 102 Å². The molecule has 0 saturated carbocycles. The number of benzene rings is 1. The lowest BCUT2D eigenvalue weighted by Gasteiger charge is -1.92. The fourth-order valence-corrected chi connectivity index (χ4v) is 2.10. The van der Waals surface area contributed by atoms with Gasteiger partial charge >= 0.3 is 0 Å². The lowest BCUT2D eigenvalue weighted by Crippen LogP contribution is -1.75. The Morgan fingerprint density at radius 3 is 2.06 bits per heavy atom. The molecule has 0 amide bonds. The van der Waals surface area contributed by atoms with Crippen molar-refractivity contribution in [1.29, 1.82) is 0 Å². The molecule has 1 heterocycles. The fraction of sp³-hybridized carbons (Fsp3) is 0.357. The van der Waals surface area contributed by atoms with Crippen molar-refractivity contribution < 1.29 is 0 Å². The molecule has 0 aliphatic heterocycles. The van der Waals surface area contributed by atoms with Gasteiger partial charge in [-0.2, -0.15) is 0 Å². The van der Waals surface area contributed by atoms with Crippen molar-refractivity contribution in [2.75, 3.05) is 0 Å². The van der Waals surface area contributed by atoms with E-state index >= 15 is 0 Å². The molecule has 0 spiro atoms. The van der Waals surface area contributed by atoms with Gasteiger partial charge in [0.2, 0.25) is 0 Å². The van der Waals surface area contributed by atoms with Crippen LogP contribution >= 0.6 is 11.3 Å². The first-order valence-electron chi connectivity index (χ1n) is 5.68. The Balaban J connectivity index is 0.000000386. The summed E-state index contributed by atoms with van der Waals surface area (Å²) in [4.78, 5) is 5.80. The van der Waals surface area contributed by atoms with Crippen molar-refractivity contribution in [2.45, 2.75) is 34.1 Å². The molecule has 0 bridgehead atoms. The lowest BCUT2D eigenvalue weighted by atomic mass is 10.2. The molecule has 0 atom stereocenters. The highest BCUT2D eigenvalue weighted by Crippen LogP contribution is 2.26. The summed E-state index contributed by atoms with van der Waals surface area (Å²) in [6.45, 7) is 8.41. The second-order valence-corrected chi connectivity index (χ2v) is 4.94. The van der Waals surface area contributed by atoms with Crippen LogP contribution in [0.4, 0.5) is 0 Å². The molecule has 2 heteroatoms. The molecule has 86 valence electrons. The molecule has 0 radical (unpaired) electrons. The van der Waals surface area contributed by atoms with Crippen molar-refractivity contribution >= 4 is 11.3 Å². The number of aryl methyl sites for hydroxylation is 2. The molecular formula is C14H19NS. The number of nitrogens with zero attached hydrogens (tertiary/aromatic N) is 1. The Morgan fingerprint density at radius 1 is 1.06 bits per heavy atom. The summed E-state index contributed by atoms with van der Waals surface area (Å²) in [7, 11) is 0. The molecule has 0 fully saturated rings. The van der Waals surface area contributed by atoms with Crippen LogP contribution in [0, 0.1) is 13.8 Å². The van der Waals surface area contributed by atoms with Gasteiger partial charge in [-0.25, -0.2) is 4.98 Å². The van der Waals surface area contributed by atoms with Crippen molar-refractivity contribution in [3.63, 3.8) is 0 Å². The zero-order valence-electron chi connectivity index (χ0n) is 10.4. The quantitative estimate of drug-likeness (QED) is 0.686. The number of aromatic nitrogens is 1. The normalized spacial score (nSPS) is 9.50. The molecule has 2 aromatic rings. The minimum absolute atomic E-state index is 1.12. The predicted octanol–water partition coefficient (Wildman–Crippen LogP) is 4.84. The molecule has 0 unspecified atom stereocenters. The van der Waals surface area contributed by atoms with E-state index in [1.54, 1.807) is 11.3 Å². The maximum absolute atomic E-state index is 4.50. The Kier molecular flexibility index (Phi) is 5.20. The van der Waals surface area contributed by atoms with E-state index in [9.17, 15) is 0 Å². The first-order chi connectivity index (χ1) is 7.69. The standard InChI is InChI=1S/C11H11NS.C3H8/c1-8-9(2)13-11(12-8)10-6-4-3-5-7-10;1-3-2/h3-7H,1-2H3;3H2,1-2H3. The maximum atomic E-state index is 4.50. The monoisotopic (exact) mass is 233 g/mol. The summed E-state index contributed by atoms with van der Waals surface area (Å²) >= 11 is 1.76. The van der Waals surface area contributed by atoms with Crippen LogP contribution in [0.2, 0.25) is 0 Å². The van der Waals surface area contributed by atoms with Gasteiger partial charge in [0.05, 0.1) is 5.69 Å². The minimum atomic E-state index is 1.12. The molecule has 0 aliphatic rings. The Morgan fingerprint density at radius 2 is 1.62 bits per heavy atom. The molecule has 0 N–H and O–H groups in total. The largest absolute Gasteiger partial charge is 0.241 e. The van der Waals surface area contributed by atoms with Gasteiger partial charge in [0, 0.05) is 10.4 Å². The zero-order chi connectivity index (χ0) is 12.0. The van der Waals surface area contributed by atoms with Crippen LogP contribution in [0.15, 0.2) is 30.3 Å². The van der Waals surface area contributed by atoms with Crippen molar-refractivity contribution in [3.05, 3.63) is 40.9 Å². The molecular weight excluding hydrogens is 214 g/mol. The van der Waals surface area contributed by atoms with Crippen LogP contribution in [0.25, 0.3) is 10.6 Å². The predicted molar refractivity (Wildman–Crippen MR) is 73.0 cm³/mol. The van der Waals surface area contributed by atoms with E-state index in [1.165, 1.54) is 16.9 Å². The van der Waals surface area contributed by atoms with Crippen LogP contribution in [-0.2, 0) is 0 Å². The second-order valence-electron chi connectivity index (χ2n) is 3.73. The summed E-state index contributed by atoms with van der Waals surface area (Å²) in [6.07, 6.45) is 1.25. The minimum Gasteiger partial charge on any atom is -0.241 e. The SMILES string of the molecule is CCC.Cc1nc(-c2ccccc2)sc1C. The summed E-state index contributed by atoms with van der Waals surface area (Å²) in [6, 6.07) is 10.3. The topological polar surface area (TPSA) is 12.9 Å². The van der Waals surface area contributed by atoms with E-state index in [0.29, 0.717) is 0 Å². The molecule has 0 aliphatic carbocycles. The van der Waals surface area contributed by atoms with E-state index in [2.05, 4.69) is 44.8 Å². The molecule has 0 saturated heterocycles. The zero-order valence-corrected chi connectivity index (χ0v) is 11.3. The van der Waals surface area contributed by atoms with Crippen LogP contribution in [-0.4, -0.2) is 4.98 Å². The molecule has 1 nitrogen and oxygen atoms in total. The van der Waals surface area contributed by atoms with Gasteiger partial charge in [-0.3, -0.25) is 0 Å². The smallest absolute Gasteiger partial charge is 0.123 e. The van der Waals surface area contributed by atoms with E-state index in [-0.39, 0.29) is 0 Å². The van der Waals surface area contributed by atoms with Crippen LogP contribution in [0.1, 0.15) is 30.8 Å². The summed E-state index contributed by atoms with van der Waals surface area (Å²) in [5.74, 6) is 0. The van der Waals surface area contributed by atoms with Crippen molar-refractivity contribution in [2.24, 2.45) is 0 Å². The molecule has 2 rings (SSSR count). The lowest BCUT2D eigenvalue weighted by molar-refractivity contribution is 1.09. The van der Waals surface area contributed by atoms with E-state index in [4.69, 9.17) is 0 Å². The Bertz CT molecular complexity index is 398. The highest BCUT2D eigenvalue weighted by Gasteiger charge is 2.04. The number of thiazole rings is 1. The first kappa shape index (κ1) is 12.9. The number of rotatable bonds is 1.